The van der Waals surface area contributed by atoms with Gasteiger partial charge in [-0.2, -0.15) is 0 Å². The maximum atomic E-state index is 11.8. The Balaban J connectivity index is 1.92. The second-order valence-corrected chi connectivity index (χ2v) is 8.92. The molecule has 0 bridgehead atoms. The number of benzene rings is 2. The number of carbonyl (C=O) groups excluding carboxylic acids is 1. The number of aromatic nitrogens is 1. The van der Waals surface area contributed by atoms with E-state index in [4.69, 9.17) is 27.7 Å². The number of carbonyl (C=O) groups is 1. The molecule has 1 aromatic heterocycles. The molecule has 2 aromatic carbocycles. The molecule has 0 aliphatic carbocycles. The third-order valence-corrected chi connectivity index (χ3v) is 4.80. The summed E-state index contributed by atoms with van der Waals surface area (Å²) in [5.41, 5.74) is 2.56. The van der Waals surface area contributed by atoms with Gasteiger partial charge in [0.15, 0.2) is 5.76 Å². The van der Waals surface area contributed by atoms with E-state index in [2.05, 4.69) is 42.3 Å². The number of alkyl halides is 2. The second-order valence-electron chi connectivity index (χ2n) is 5.04. The van der Waals surface area contributed by atoms with Crippen molar-refractivity contribution in [1.82, 2.24) is 5.16 Å². The molecule has 1 heterocycles. The molecule has 25 heavy (non-hydrogen) atoms. The smallest absolute Gasteiger partial charge is 0.248 e. The number of hydrogen-bond acceptors (Lipinski definition) is 3. The van der Waals surface area contributed by atoms with E-state index in [0.717, 1.165) is 5.56 Å². The van der Waals surface area contributed by atoms with Crippen LogP contribution in [-0.4, -0.2) is 14.8 Å². The van der Waals surface area contributed by atoms with Crippen LogP contribution < -0.4 is 5.32 Å². The van der Waals surface area contributed by atoms with E-state index >= 15 is 0 Å². The van der Waals surface area contributed by atoms with Gasteiger partial charge in [0, 0.05) is 22.9 Å². The zero-order valence-electron chi connectivity index (χ0n) is 12.5. The van der Waals surface area contributed by atoms with Crippen LogP contribution in [-0.2, 0) is 4.79 Å². The molecule has 3 rings (SSSR count). The first-order chi connectivity index (χ1) is 12.0. The van der Waals surface area contributed by atoms with Crippen LogP contribution in [0.15, 0.2) is 53.1 Å². The molecular weight excluding hydrogens is 495 g/mol. The number of nitrogens with zero attached hydrogens (tertiary/aromatic N) is 1. The van der Waals surface area contributed by atoms with Crippen molar-refractivity contribution in [3.63, 3.8) is 0 Å². The number of amides is 1. The average Bonchev–Trinajstić information content (AvgIpc) is 3.04. The Hall–Kier alpha value is -1.34. The van der Waals surface area contributed by atoms with Crippen LogP contribution in [0.4, 0.5) is 5.69 Å². The Labute approximate surface area is 170 Å². The van der Waals surface area contributed by atoms with Crippen molar-refractivity contribution in [2.75, 3.05) is 5.32 Å². The predicted octanol–water partition coefficient (Wildman–Crippen LogP) is 6.37. The monoisotopic (exact) mass is 502 g/mol. The predicted molar refractivity (Wildman–Crippen MR) is 108 cm³/mol. The summed E-state index contributed by atoms with van der Waals surface area (Å²) in [4.78, 5) is 11.8. The lowest BCUT2D eigenvalue weighted by Gasteiger charge is -2.06. The lowest BCUT2D eigenvalue weighted by atomic mass is 10.1. The molecule has 3 aromatic rings. The molecule has 128 valence electrons. The Kier molecular flexibility index (Phi) is 5.84. The molecule has 1 N–H and O–H groups in total. The van der Waals surface area contributed by atoms with Crippen molar-refractivity contribution in [2.24, 2.45) is 0 Å². The van der Waals surface area contributed by atoms with Gasteiger partial charge in [-0.15, -0.1) is 0 Å². The zero-order valence-corrected chi connectivity index (χ0v) is 17.2. The molecule has 0 unspecified atom stereocenters. The second kappa shape index (κ2) is 7.91. The molecule has 0 aliphatic heterocycles. The number of hydrogen-bond donors (Lipinski definition) is 1. The Bertz CT molecular complexity index is 908. The fourth-order valence-electron chi connectivity index (χ4n) is 2.22. The molecule has 0 radical (unpaired) electrons. The van der Waals surface area contributed by atoms with Crippen molar-refractivity contribution in [2.45, 2.75) is 3.74 Å². The molecule has 0 spiro atoms. The minimum absolute atomic E-state index is 0.210. The first-order valence-electron chi connectivity index (χ1n) is 7.06. The van der Waals surface area contributed by atoms with Crippen molar-refractivity contribution in [3.05, 3.63) is 58.6 Å². The molecule has 1 amide bonds. The Morgan fingerprint density at radius 1 is 1.08 bits per heavy atom. The van der Waals surface area contributed by atoms with Crippen LogP contribution >= 0.6 is 55.1 Å². The first-order valence-corrected chi connectivity index (χ1v) is 9.65. The van der Waals surface area contributed by atoms with E-state index in [-0.39, 0.29) is 5.91 Å². The number of halogens is 4. The van der Waals surface area contributed by atoms with Gasteiger partial charge >= 0.3 is 0 Å². The standard InChI is InChI=1S/C17H10Br2Cl2N2O2/c18-16(19)17(24)22-10-4-1-3-9(7-10)14-8-13(23-25-14)15-11(20)5-2-6-12(15)21/h1-8,16H,(H,22,24). The zero-order chi connectivity index (χ0) is 18.0. The van der Waals surface area contributed by atoms with Crippen molar-refractivity contribution >= 4 is 66.7 Å². The normalized spacial score (nSPS) is 10.9. The van der Waals surface area contributed by atoms with Gasteiger partial charge in [0.25, 0.3) is 0 Å². The Morgan fingerprint density at radius 3 is 2.44 bits per heavy atom. The summed E-state index contributed by atoms with van der Waals surface area (Å²) in [6.07, 6.45) is 0. The number of anilines is 1. The van der Waals surface area contributed by atoms with Gasteiger partial charge in [-0.25, -0.2) is 0 Å². The van der Waals surface area contributed by atoms with E-state index in [1.165, 1.54) is 0 Å². The van der Waals surface area contributed by atoms with Gasteiger partial charge < -0.3 is 9.84 Å². The van der Waals surface area contributed by atoms with Crippen LogP contribution in [0.2, 0.25) is 10.0 Å². The maximum Gasteiger partial charge on any atom is 0.248 e. The minimum Gasteiger partial charge on any atom is -0.356 e. The Morgan fingerprint density at radius 2 is 1.76 bits per heavy atom. The topological polar surface area (TPSA) is 55.1 Å². The van der Waals surface area contributed by atoms with Gasteiger partial charge in [0.2, 0.25) is 5.91 Å². The van der Waals surface area contributed by atoms with E-state index in [1.54, 1.807) is 36.4 Å². The quantitative estimate of drug-likeness (QED) is 0.420. The number of nitrogens with one attached hydrogen (secondary N) is 1. The fraction of sp³-hybridized carbons (Fsp3) is 0.0588. The minimum atomic E-state index is -0.470. The van der Waals surface area contributed by atoms with Gasteiger partial charge in [0.1, 0.15) is 9.43 Å². The fourth-order valence-corrected chi connectivity index (χ4v) is 3.04. The van der Waals surface area contributed by atoms with E-state index in [0.29, 0.717) is 32.8 Å². The highest BCUT2D eigenvalue weighted by Gasteiger charge is 2.15. The summed E-state index contributed by atoms with van der Waals surface area (Å²) in [7, 11) is 0. The third-order valence-electron chi connectivity index (χ3n) is 3.34. The summed E-state index contributed by atoms with van der Waals surface area (Å²) in [6, 6.07) is 14.2. The maximum absolute atomic E-state index is 11.8. The van der Waals surface area contributed by atoms with Gasteiger partial charge in [0.05, 0.1) is 10.0 Å². The van der Waals surface area contributed by atoms with E-state index in [9.17, 15) is 4.79 Å². The van der Waals surface area contributed by atoms with E-state index < -0.39 is 3.74 Å². The van der Waals surface area contributed by atoms with Crippen molar-refractivity contribution in [3.8, 4) is 22.6 Å². The third kappa shape index (κ3) is 4.26. The van der Waals surface area contributed by atoms with Gasteiger partial charge in [-0.1, -0.05) is 78.4 Å². The lowest BCUT2D eigenvalue weighted by molar-refractivity contribution is -0.114. The molecule has 8 heteroatoms. The molecule has 4 nitrogen and oxygen atoms in total. The molecular formula is C17H10Br2Cl2N2O2. The van der Waals surface area contributed by atoms with Crippen LogP contribution in [0.25, 0.3) is 22.6 Å². The highest BCUT2D eigenvalue weighted by Crippen LogP contribution is 2.36. The first kappa shape index (κ1) is 18.5. The van der Waals surface area contributed by atoms with Crippen LogP contribution in [0.3, 0.4) is 0 Å². The number of rotatable bonds is 4. The highest BCUT2D eigenvalue weighted by atomic mass is 79.9. The molecule has 0 saturated carbocycles. The van der Waals surface area contributed by atoms with Crippen LogP contribution in [0, 0.1) is 0 Å². The SMILES string of the molecule is O=C(Nc1cccc(-c2cc(-c3c(Cl)cccc3Cl)no2)c1)C(Br)Br. The van der Waals surface area contributed by atoms with Gasteiger partial charge in [-0.3, -0.25) is 4.79 Å². The summed E-state index contributed by atoms with van der Waals surface area (Å²) >= 11 is 18.7. The molecule has 0 atom stereocenters. The van der Waals surface area contributed by atoms with Crippen LogP contribution in [0.5, 0.6) is 0 Å². The molecule has 0 saturated heterocycles. The lowest BCUT2D eigenvalue weighted by Crippen LogP contribution is -2.17. The van der Waals surface area contributed by atoms with Crippen molar-refractivity contribution in [1.29, 1.82) is 0 Å². The summed E-state index contributed by atoms with van der Waals surface area (Å²) in [6.45, 7) is 0. The van der Waals surface area contributed by atoms with E-state index in [1.807, 2.05) is 12.1 Å². The van der Waals surface area contributed by atoms with Crippen LogP contribution in [0.1, 0.15) is 0 Å². The molecule has 0 fully saturated rings. The molecule has 0 aliphatic rings. The van der Waals surface area contributed by atoms with Crippen molar-refractivity contribution < 1.29 is 9.32 Å². The summed E-state index contributed by atoms with van der Waals surface area (Å²) in [5, 5.41) is 7.82. The summed E-state index contributed by atoms with van der Waals surface area (Å²) < 4.78 is 4.95. The summed E-state index contributed by atoms with van der Waals surface area (Å²) in [5.74, 6) is 0.328. The largest absolute Gasteiger partial charge is 0.356 e. The van der Waals surface area contributed by atoms with Gasteiger partial charge in [-0.05, 0) is 24.3 Å². The average molecular weight is 505 g/mol. The highest BCUT2D eigenvalue weighted by molar-refractivity contribution is 9.25.